The summed E-state index contributed by atoms with van der Waals surface area (Å²) in [4.78, 5) is 37.5. The Labute approximate surface area is 110 Å². The molecule has 0 radical (unpaired) electrons. The minimum absolute atomic E-state index is 0.0513. The summed E-state index contributed by atoms with van der Waals surface area (Å²) in [5.41, 5.74) is 0. The Hall–Kier alpha value is -1.83. The van der Waals surface area contributed by atoms with Gasteiger partial charge in [-0.25, -0.2) is 9.59 Å². The van der Waals surface area contributed by atoms with Crippen LogP contribution >= 0.6 is 0 Å². The molecule has 2 fully saturated rings. The SMILES string of the molecule is O=C1CN(C(=O)N2CCCOCC2)C(C(=O)O)CN1. The molecule has 0 aromatic heterocycles. The van der Waals surface area contributed by atoms with E-state index in [0.717, 1.165) is 4.90 Å². The van der Waals surface area contributed by atoms with E-state index in [2.05, 4.69) is 5.32 Å². The van der Waals surface area contributed by atoms with Gasteiger partial charge in [-0.05, 0) is 6.42 Å². The predicted molar refractivity (Wildman–Crippen MR) is 63.5 cm³/mol. The maximum atomic E-state index is 12.3. The molecule has 3 amide bonds. The van der Waals surface area contributed by atoms with Crippen molar-refractivity contribution in [2.75, 3.05) is 39.4 Å². The first kappa shape index (κ1) is 13.6. The van der Waals surface area contributed by atoms with Gasteiger partial charge in [0.15, 0.2) is 0 Å². The molecule has 2 aliphatic rings. The summed E-state index contributed by atoms with van der Waals surface area (Å²) >= 11 is 0. The molecule has 0 aromatic carbocycles. The van der Waals surface area contributed by atoms with Crippen molar-refractivity contribution in [3.8, 4) is 0 Å². The molecule has 2 N–H and O–H groups in total. The molecule has 2 rings (SSSR count). The third kappa shape index (κ3) is 3.14. The van der Waals surface area contributed by atoms with Gasteiger partial charge in [0.25, 0.3) is 0 Å². The molecule has 0 aliphatic carbocycles. The number of carboxylic acids is 1. The highest BCUT2D eigenvalue weighted by molar-refractivity contribution is 5.90. The highest BCUT2D eigenvalue weighted by Gasteiger charge is 2.37. The highest BCUT2D eigenvalue weighted by Crippen LogP contribution is 2.10. The van der Waals surface area contributed by atoms with E-state index in [1.807, 2.05) is 0 Å². The van der Waals surface area contributed by atoms with Crippen LogP contribution in [0.3, 0.4) is 0 Å². The Kier molecular flexibility index (Phi) is 4.20. The standard InChI is InChI=1S/C11H17N3O5/c15-9-7-14(8(6-12-9)10(16)17)11(18)13-2-1-4-19-5-3-13/h8H,1-7H2,(H,12,15)(H,16,17). The lowest BCUT2D eigenvalue weighted by Crippen LogP contribution is -2.62. The quantitative estimate of drug-likeness (QED) is 0.618. The predicted octanol–water partition coefficient (Wildman–Crippen LogP) is -1.29. The first-order valence-electron chi connectivity index (χ1n) is 6.22. The zero-order valence-corrected chi connectivity index (χ0v) is 10.5. The van der Waals surface area contributed by atoms with Crippen molar-refractivity contribution in [2.45, 2.75) is 12.5 Å². The summed E-state index contributed by atoms with van der Waals surface area (Å²) in [6.45, 7) is 1.69. The molecule has 1 unspecified atom stereocenters. The Balaban J connectivity index is 2.08. The zero-order valence-electron chi connectivity index (χ0n) is 10.5. The molecule has 2 heterocycles. The summed E-state index contributed by atoms with van der Waals surface area (Å²) in [6.07, 6.45) is 0.712. The number of rotatable bonds is 1. The molecular weight excluding hydrogens is 254 g/mol. The van der Waals surface area contributed by atoms with Crippen LogP contribution in [-0.4, -0.2) is 78.2 Å². The molecule has 0 bridgehead atoms. The number of nitrogens with zero attached hydrogens (tertiary/aromatic N) is 2. The van der Waals surface area contributed by atoms with Crippen LogP contribution in [0.5, 0.6) is 0 Å². The van der Waals surface area contributed by atoms with Gasteiger partial charge in [0.1, 0.15) is 12.6 Å². The average molecular weight is 271 g/mol. The van der Waals surface area contributed by atoms with Crippen LogP contribution in [0.2, 0.25) is 0 Å². The Morgan fingerprint density at radius 2 is 2.11 bits per heavy atom. The zero-order chi connectivity index (χ0) is 13.8. The van der Waals surface area contributed by atoms with E-state index < -0.39 is 18.0 Å². The minimum atomic E-state index is -1.11. The number of carbonyl (C=O) groups excluding carboxylic acids is 2. The Morgan fingerprint density at radius 3 is 2.84 bits per heavy atom. The second-order valence-electron chi connectivity index (χ2n) is 4.52. The smallest absolute Gasteiger partial charge is 0.328 e. The minimum Gasteiger partial charge on any atom is -0.480 e. The van der Waals surface area contributed by atoms with Gasteiger partial charge in [0.2, 0.25) is 5.91 Å². The summed E-state index contributed by atoms with van der Waals surface area (Å²) in [7, 11) is 0. The van der Waals surface area contributed by atoms with E-state index in [1.165, 1.54) is 0 Å². The molecular formula is C11H17N3O5. The third-order valence-corrected chi connectivity index (χ3v) is 3.21. The lowest BCUT2D eigenvalue weighted by atomic mass is 10.2. The fourth-order valence-corrected chi connectivity index (χ4v) is 2.18. The van der Waals surface area contributed by atoms with Crippen molar-refractivity contribution in [1.82, 2.24) is 15.1 Å². The van der Waals surface area contributed by atoms with Crippen molar-refractivity contribution < 1.29 is 24.2 Å². The van der Waals surface area contributed by atoms with Crippen molar-refractivity contribution in [3.63, 3.8) is 0 Å². The van der Waals surface area contributed by atoms with Gasteiger partial charge in [0, 0.05) is 26.2 Å². The summed E-state index contributed by atoms with van der Waals surface area (Å²) < 4.78 is 5.25. The first-order valence-corrected chi connectivity index (χ1v) is 6.22. The normalized spacial score (nSPS) is 24.6. The van der Waals surface area contributed by atoms with Gasteiger partial charge < -0.3 is 20.1 Å². The van der Waals surface area contributed by atoms with Crippen molar-refractivity contribution in [2.24, 2.45) is 0 Å². The highest BCUT2D eigenvalue weighted by atomic mass is 16.5. The van der Waals surface area contributed by atoms with Gasteiger partial charge in [-0.15, -0.1) is 0 Å². The molecule has 0 aromatic rings. The summed E-state index contributed by atoms with van der Waals surface area (Å²) in [5.74, 6) is -1.45. The van der Waals surface area contributed by atoms with Crippen LogP contribution < -0.4 is 5.32 Å². The van der Waals surface area contributed by atoms with E-state index in [4.69, 9.17) is 9.84 Å². The van der Waals surface area contributed by atoms with E-state index in [9.17, 15) is 14.4 Å². The maximum Gasteiger partial charge on any atom is 0.328 e. The number of urea groups is 1. The van der Waals surface area contributed by atoms with E-state index in [-0.39, 0.29) is 19.0 Å². The number of piperazine rings is 1. The Morgan fingerprint density at radius 1 is 1.32 bits per heavy atom. The second kappa shape index (κ2) is 5.87. The van der Waals surface area contributed by atoms with Gasteiger partial charge in [-0.1, -0.05) is 0 Å². The van der Waals surface area contributed by atoms with Crippen LogP contribution in [0.25, 0.3) is 0 Å². The van der Waals surface area contributed by atoms with Gasteiger partial charge in [-0.2, -0.15) is 0 Å². The van der Waals surface area contributed by atoms with Crippen molar-refractivity contribution in [1.29, 1.82) is 0 Å². The number of nitrogens with one attached hydrogen (secondary N) is 1. The van der Waals surface area contributed by atoms with Crippen LogP contribution in [0, 0.1) is 0 Å². The number of ether oxygens (including phenoxy) is 1. The number of carbonyl (C=O) groups is 3. The largest absolute Gasteiger partial charge is 0.480 e. The molecule has 2 aliphatic heterocycles. The van der Waals surface area contributed by atoms with E-state index in [0.29, 0.717) is 32.7 Å². The third-order valence-electron chi connectivity index (χ3n) is 3.21. The molecule has 1 atom stereocenters. The number of aliphatic carboxylic acids is 1. The fourth-order valence-electron chi connectivity index (χ4n) is 2.18. The molecule has 8 heteroatoms. The van der Waals surface area contributed by atoms with Gasteiger partial charge in [-0.3, -0.25) is 9.69 Å². The van der Waals surface area contributed by atoms with Crippen LogP contribution in [0.1, 0.15) is 6.42 Å². The summed E-state index contributed by atoms with van der Waals surface area (Å²) in [5, 5.41) is 11.6. The lowest BCUT2D eigenvalue weighted by Gasteiger charge is -2.36. The Bertz CT molecular complexity index is 379. The second-order valence-corrected chi connectivity index (χ2v) is 4.52. The fraction of sp³-hybridized carbons (Fsp3) is 0.727. The van der Waals surface area contributed by atoms with Crippen LogP contribution in [0.4, 0.5) is 4.79 Å². The number of hydrogen-bond donors (Lipinski definition) is 2. The van der Waals surface area contributed by atoms with Gasteiger partial charge in [0.05, 0.1) is 6.61 Å². The molecule has 2 saturated heterocycles. The average Bonchev–Trinajstić information content (AvgIpc) is 2.66. The monoisotopic (exact) mass is 271 g/mol. The molecule has 0 saturated carbocycles. The molecule has 19 heavy (non-hydrogen) atoms. The number of amides is 3. The van der Waals surface area contributed by atoms with Gasteiger partial charge >= 0.3 is 12.0 Å². The van der Waals surface area contributed by atoms with Crippen LogP contribution in [-0.2, 0) is 14.3 Å². The first-order chi connectivity index (χ1) is 9.09. The molecule has 0 spiro atoms. The molecule has 106 valence electrons. The molecule has 8 nitrogen and oxygen atoms in total. The maximum absolute atomic E-state index is 12.3. The number of carboxylic acid groups (broad SMARTS) is 1. The van der Waals surface area contributed by atoms with Crippen molar-refractivity contribution >= 4 is 17.9 Å². The number of hydrogen-bond acceptors (Lipinski definition) is 4. The van der Waals surface area contributed by atoms with Crippen LogP contribution in [0.15, 0.2) is 0 Å². The van der Waals surface area contributed by atoms with E-state index in [1.54, 1.807) is 4.90 Å². The van der Waals surface area contributed by atoms with E-state index >= 15 is 0 Å². The van der Waals surface area contributed by atoms with Crippen molar-refractivity contribution in [3.05, 3.63) is 0 Å². The summed E-state index contributed by atoms with van der Waals surface area (Å²) in [6, 6.07) is -1.41. The topological polar surface area (TPSA) is 99.2 Å². The lowest BCUT2D eigenvalue weighted by molar-refractivity contribution is -0.144.